The molecule has 1 rings (SSSR count). The van der Waals surface area contributed by atoms with Gasteiger partial charge in [0.2, 0.25) is 0 Å². The van der Waals surface area contributed by atoms with E-state index in [2.05, 4.69) is 9.97 Å². The van der Waals surface area contributed by atoms with Crippen LogP contribution in [0, 0.1) is 0 Å². The third kappa shape index (κ3) is 3.06. The minimum atomic E-state index is 0.505. The second-order valence-electron chi connectivity index (χ2n) is 2.12. The zero-order valence-corrected chi connectivity index (χ0v) is 7.67. The first-order valence-electron chi connectivity index (χ1n) is 3.52. The summed E-state index contributed by atoms with van der Waals surface area (Å²) >= 11 is 1.60. The second-order valence-corrected chi connectivity index (χ2v) is 3.24. The Labute approximate surface area is 75.5 Å². The van der Waals surface area contributed by atoms with Gasteiger partial charge >= 0.3 is 0 Å². The maximum absolute atomic E-state index is 5.47. The summed E-state index contributed by atoms with van der Waals surface area (Å²) < 4.78 is 4.90. The molecule has 4 nitrogen and oxygen atoms in total. The van der Waals surface area contributed by atoms with Gasteiger partial charge in [0, 0.05) is 18.9 Å². The lowest BCUT2D eigenvalue weighted by Gasteiger charge is -1.99. The van der Waals surface area contributed by atoms with Crippen LogP contribution in [-0.2, 0) is 4.74 Å². The molecule has 0 unspecified atom stereocenters. The molecule has 12 heavy (non-hydrogen) atoms. The second kappa shape index (κ2) is 4.95. The molecule has 0 aliphatic rings. The van der Waals surface area contributed by atoms with Crippen LogP contribution in [0.4, 0.5) is 5.82 Å². The van der Waals surface area contributed by atoms with Gasteiger partial charge in [0.25, 0.3) is 0 Å². The highest BCUT2D eigenvalue weighted by Gasteiger charge is 1.95. The van der Waals surface area contributed by atoms with Gasteiger partial charge in [-0.2, -0.15) is 0 Å². The Balaban J connectivity index is 2.41. The summed E-state index contributed by atoms with van der Waals surface area (Å²) in [5.41, 5.74) is 5.47. The molecular formula is C7H11N3OS. The van der Waals surface area contributed by atoms with Crippen molar-refractivity contribution in [2.24, 2.45) is 0 Å². The van der Waals surface area contributed by atoms with Gasteiger partial charge in [0.15, 0.2) is 0 Å². The largest absolute Gasteiger partial charge is 0.384 e. The van der Waals surface area contributed by atoms with Crippen LogP contribution >= 0.6 is 11.8 Å². The zero-order chi connectivity index (χ0) is 8.81. The summed E-state index contributed by atoms with van der Waals surface area (Å²) in [6.45, 7) is 0.717. The number of hydrogen-bond acceptors (Lipinski definition) is 5. The van der Waals surface area contributed by atoms with Gasteiger partial charge in [-0.05, 0) is 0 Å². The fourth-order valence-corrected chi connectivity index (χ4v) is 1.45. The molecule has 0 aromatic carbocycles. The number of nitrogens with two attached hydrogens (primary N) is 1. The number of hydrogen-bond donors (Lipinski definition) is 1. The minimum absolute atomic E-state index is 0.505. The Morgan fingerprint density at radius 3 is 3.08 bits per heavy atom. The average molecular weight is 185 g/mol. The van der Waals surface area contributed by atoms with Crippen molar-refractivity contribution in [3.8, 4) is 0 Å². The van der Waals surface area contributed by atoms with Gasteiger partial charge in [-0.15, -0.1) is 11.8 Å². The average Bonchev–Trinajstić information content (AvgIpc) is 2.05. The van der Waals surface area contributed by atoms with E-state index in [9.17, 15) is 0 Å². The van der Waals surface area contributed by atoms with Crippen LogP contribution in [0.15, 0.2) is 17.4 Å². The Hall–Kier alpha value is -0.810. The first-order chi connectivity index (χ1) is 5.83. The van der Waals surface area contributed by atoms with Crippen LogP contribution in [0.1, 0.15) is 0 Å². The van der Waals surface area contributed by atoms with Crippen molar-refractivity contribution < 1.29 is 4.74 Å². The van der Waals surface area contributed by atoms with Crippen LogP contribution < -0.4 is 5.73 Å². The topological polar surface area (TPSA) is 61.0 Å². The molecule has 66 valence electrons. The number of ether oxygens (including phenoxy) is 1. The number of thioether (sulfide) groups is 1. The van der Waals surface area contributed by atoms with Crippen molar-refractivity contribution in [1.82, 2.24) is 9.97 Å². The van der Waals surface area contributed by atoms with Crippen LogP contribution in [0.2, 0.25) is 0 Å². The fourth-order valence-electron chi connectivity index (χ4n) is 0.662. The number of anilines is 1. The maximum atomic E-state index is 5.47. The predicted octanol–water partition coefficient (Wildman–Crippen LogP) is 0.797. The van der Waals surface area contributed by atoms with E-state index in [1.807, 2.05) is 0 Å². The number of nitrogen functional groups attached to an aromatic ring is 1. The molecule has 1 heterocycles. The molecule has 5 heteroatoms. The molecule has 0 bridgehead atoms. The molecule has 0 atom stereocenters. The fraction of sp³-hybridized carbons (Fsp3) is 0.429. The first-order valence-corrected chi connectivity index (χ1v) is 4.50. The van der Waals surface area contributed by atoms with Gasteiger partial charge in [0.1, 0.15) is 17.2 Å². The molecule has 0 aliphatic heterocycles. The van der Waals surface area contributed by atoms with Crippen molar-refractivity contribution in [1.29, 1.82) is 0 Å². The summed E-state index contributed by atoms with van der Waals surface area (Å²) in [6.07, 6.45) is 1.46. The van der Waals surface area contributed by atoms with Gasteiger partial charge in [-0.3, -0.25) is 0 Å². The summed E-state index contributed by atoms with van der Waals surface area (Å²) in [5, 5.41) is 0.888. The van der Waals surface area contributed by atoms with Crippen molar-refractivity contribution in [2.75, 3.05) is 25.2 Å². The Kier molecular flexibility index (Phi) is 3.83. The lowest BCUT2D eigenvalue weighted by molar-refractivity contribution is 0.218. The molecule has 0 saturated heterocycles. The summed E-state index contributed by atoms with van der Waals surface area (Å²) in [4.78, 5) is 7.82. The molecule has 1 aromatic rings. The van der Waals surface area contributed by atoms with E-state index in [4.69, 9.17) is 10.5 Å². The van der Waals surface area contributed by atoms with E-state index in [-0.39, 0.29) is 0 Å². The first kappa shape index (κ1) is 9.28. The molecule has 0 amide bonds. The van der Waals surface area contributed by atoms with Crippen molar-refractivity contribution >= 4 is 17.6 Å². The standard InChI is InChI=1S/C7H11N3OS/c1-11-2-3-12-7-4-6(8)9-5-10-7/h4-5H,2-3H2,1H3,(H2,8,9,10). The van der Waals surface area contributed by atoms with E-state index in [0.29, 0.717) is 12.4 Å². The van der Waals surface area contributed by atoms with Crippen molar-refractivity contribution in [3.63, 3.8) is 0 Å². The molecule has 0 fully saturated rings. The Morgan fingerprint density at radius 2 is 2.42 bits per heavy atom. The van der Waals surface area contributed by atoms with Gasteiger partial charge in [-0.1, -0.05) is 0 Å². The monoisotopic (exact) mass is 185 g/mol. The maximum Gasteiger partial charge on any atom is 0.127 e. The van der Waals surface area contributed by atoms with Crippen molar-refractivity contribution in [3.05, 3.63) is 12.4 Å². The number of methoxy groups -OCH3 is 1. The third-order valence-corrected chi connectivity index (χ3v) is 2.09. The number of aromatic nitrogens is 2. The minimum Gasteiger partial charge on any atom is -0.384 e. The molecule has 0 radical (unpaired) electrons. The van der Waals surface area contributed by atoms with Crippen molar-refractivity contribution in [2.45, 2.75) is 5.03 Å². The van der Waals surface area contributed by atoms with Gasteiger partial charge in [0.05, 0.1) is 6.61 Å². The van der Waals surface area contributed by atoms with E-state index < -0.39 is 0 Å². The summed E-state index contributed by atoms with van der Waals surface area (Å²) in [5.74, 6) is 1.39. The molecular weight excluding hydrogens is 174 g/mol. The Bertz CT molecular complexity index is 244. The third-order valence-electron chi connectivity index (χ3n) is 1.20. The highest BCUT2D eigenvalue weighted by atomic mass is 32.2. The SMILES string of the molecule is COCCSc1cc(N)ncn1. The molecule has 2 N–H and O–H groups in total. The Morgan fingerprint density at radius 1 is 1.58 bits per heavy atom. The van der Waals surface area contributed by atoms with E-state index >= 15 is 0 Å². The van der Waals surface area contributed by atoms with E-state index in [1.165, 1.54) is 6.33 Å². The lowest BCUT2D eigenvalue weighted by atomic mass is 10.6. The van der Waals surface area contributed by atoms with E-state index in [0.717, 1.165) is 10.8 Å². The van der Waals surface area contributed by atoms with E-state index in [1.54, 1.807) is 24.9 Å². The predicted molar refractivity (Wildman–Crippen MR) is 49.0 cm³/mol. The lowest BCUT2D eigenvalue weighted by Crippen LogP contribution is -1.94. The summed E-state index contributed by atoms with van der Waals surface area (Å²) in [7, 11) is 1.68. The smallest absolute Gasteiger partial charge is 0.127 e. The molecule has 0 saturated carbocycles. The van der Waals surface area contributed by atoms with Crippen LogP contribution in [-0.4, -0.2) is 29.4 Å². The van der Waals surface area contributed by atoms with Gasteiger partial charge in [-0.25, -0.2) is 9.97 Å². The zero-order valence-electron chi connectivity index (χ0n) is 6.86. The van der Waals surface area contributed by atoms with Crippen LogP contribution in [0.5, 0.6) is 0 Å². The molecule has 0 aliphatic carbocycles. The number of nitrogens with zero attached hydrogens (tertiary/aromatic N) is 2. The highest BCUT2D eigenvalue weighted by Crippen LogP contribution is 2.14. The molecule has 0 spiro atoms. The highest BCUT2D eigenvalue weighted by molar-refractivity contribution is 7.99. The van der Waals surface area contributed by atoms with Crippen LogP contribution in [0.25, 0.3) is 0 Å². The van der Waals surface area contributed by atoms with Crippen LogP contribution in [0.3, 0.4) is 0 Å². The molecule has 1 aromatic heterocycles. The quantitative estimate of drug-likeness (QED) is 0.427. The normalized spacial score (nSPS) is 10.1. The number of rotatable bonds is 4. The van der Waals surface area contributed by atoms with Gasteiger partial charge < -0.3 is 10.5 Å². The summed E-state index contributed by atoms with van der Waals surface area (Å²) in [6, 6.07) is 1.75.